The van der Waals surface area contributed by atoms with Gasteiger partial charge >= 0.3 is 5.69 Å². The molecule has 3 rings (SSSR count). The zero-order valence-corrected chi connectivity index (χ0v) is 14.9. The maximum absolute atomic E-state index is 12.4. The minimum atomic E-state index is -0.667. The van der Waals surface area contributed by atoms with E-state index in [1.54, 1.807) is 0 Å². The molecule has 2 aromatic heterocycles. The van der Waals surface area contributed by atoms with Crippen molar-refractivity contribution in [1.82, 2.24) is 18.7 Å². The smallest absolute Gasteiger partial charge is 0.319 e. The Hall–Kier alpha value is -3.47. The van der Waals surface area contributed by atoms with Crippen LogP contribution in [0, 0.1) is 10.1 Å². The molecule has 0 atom stereocenters. The van der Waals surface area contributed by atoms with Crippen LogP contribution in [0.2, 0.25) is 5.02 Å². The van der Waals surface area contributed by atoms with Gasteiger partial charge in [-0.3, -0.25) is 28.8 Å². The first-order chi connectivity index (χ1) is 12.7. The molecule has 3 aromatic rings. The number of hydrogen-bond acceptors (Lipinski definition) is 6. The summed E-state index contributed by atoms with van der Waals surface area (Å²) in [5.41, 5.74) is -1.33. The molecule has 140 valence electrons. The minimum absolute atomic E-state index is 0.0286. The molecule has 0 aliphatic heterocycles. The van der Waals surface area contributed by atoms with E-state index in [1.165, 1.54) is 41.7 Å². The number of rotatable bonds is 4. The van der Waals surface area contributed by atoms with Crippen molar-refractivity contribution in [3.05, 3.63) is 60.5 Å². The van der Waals surface area contributed by atoms with Crippen molar-refractivity contribution in [2.24, 2.45) is 14.1 Å². The van der Waals surface area contributed by atoms with Gasteiger partial charge < -0.3 is 9.88 Å². The number of benzene rings is 1. The second kappa shape index (κ2) is 6.68. The number of aryl methyl sites for hydroxylation is 1. The molecule has 0 fully saturated rings. The summed E-state index contributed by atoms with van der Waals surface area (Å²) in [5.74, 6) is -0.615. The summed E-state index contributed by atoms with van der Waals surface area (Å²) in [6, 6.07) is 3.84. The highest BCUT2D eigenvalue weighted by atomic mass is 35.5. The van der Waals surface area contributed by atoms with Gasteiger partial charge in [0.05, 0.1) is 11.3 Å². The third kappa shape index (κ3) is 3.19. The number of aromatic nitrogens is 4. The summed E-state index contributed by atoms with van der Waals surface area (Å²) in [6.45, 7) is -0.330. The largest absolute Gasteiger partial charge is 0.332 e. The second-order valence-corrected chi connectivity index (χ2v) is 6.15. The SMILES string of the molecule is Cn1c(=O)c2c(ncn2CC(=O)Nc2ccc(Cl)cc2[N+](=O)[O-])n(C)c1=O. The predicted octanol–water partition coefficient (Wildman–Crippen LogP) is 0.634. The van der Waals surface area contributed by atoms with Gasteiger partial charge in [0, 0.05) is 25.2 Å². The number of nitrogens with one attached hydrogen (secondary N) is 1. The molecule has 0 saturated carbocycles. The number of imidazole rings is 1. The Kier molecular flexibility index (Phi) is 4.54. The van der Waals surface area contributed by atoms with Crippen LogP contribution in [0.3, 0.4) is 0 Å². The van der Waals surface area contributed by atoms with Gasteiger partial charge in [0.2, 0.25) is 5.91 Å². The highest BCUT2D eigenvalue weighted by Gasteiger charge is 2.19. The standard InChI is InChI=1S/C15H13ClN6O5/c1-19-13-12(14(24)20(2)15(19)25)21(7-17-13)6-11(23)18-9-4-3-8(16)5-10(9)22(26)27/h3-5,7H,6H2,1-2H3,(H,18,23). The fraction of sp³-hybridized carbons (Fsp3) is 0.200. The van der Waals surface area contributed by atoms with Crippen LogP contribution in [0.4, 0.5) is 11.4 Å². The van der Waals surface area contributed by atoms with Crippen LogP contribution in [0.1, 0.15) is 0 Å². The van der Waals surface area contributed by atoms with Crippen molar-refractivity contribution >= 4 is 40.0 Å². The average molecular weight is 393 g/mol. The van der Waals surface area contributed by atoms with Crippen molar-refractivity contribution in [3.63, 3.8) is 0 Å². The van der Waals surface area contributed by atoms with E-state index in [9.17, 15) is 24.5 Å². The maximum atomic E-state index is 12.4. The number of fused-ring (bicyclic) bond motifs is 1. The highest BCUT2D eigenvalue weighted by Crippen LogP contribution is 2.27. The summed E-state index contributed by atoms with van der Waals surface area (Å²) in [4.78, 5) is 51.1. The predicted molar refractivity (Wildman–Crippen MR) is 97.0 cm³/mol. The highest BCUT2D eigenvalue weighted by molar-refractivity contribution is 6.31. The van der Waals surface area contributed by atoms with Gasteiger partial charge in [-0.15, -0.1) is 0 Å². The van der Waals surface area contributed by atoms with Gasteiger partial charge in [0.15, 0.2) is 11.2 Å². The van der Waals surface area contributed by atoms with E-state index in [0.717, 1.165) is 10.6 Å². The summed E-state index contributed by atoms with van der Waals surface area (Å²) in [7, 11) is 2.77. The Bertz CT molecular complexity index is 1210. The number of nitro groups is 1. The zero-order chi connectivity index (χ0) is 19.9. The van der Waals surface area contributed by atoms with Gasteiger partial charge in [-0.1, -0.05) is 11.6 Å². The van der Waals surface area contributed by atoms with Crippen molar-refractivity contribution in [1.29, 1.82) is 0 Å². The molecular weight excluding hydrogens is 380 g/mol. The molecule has 0 aliphatic rings. The molecule has 2 heterocycles. The van der Waals surface area contributed by atoms with Gasteiger partial charge in [0.1, 0.15) is 12.2 Å². The molecular formula is C15H13ClN6O5. The summed E-state index contributed by atoms with van der Waals surface area (Å²) < 4.78 is 3.37. The van der Waals surface area contributed by atoms with Crippen molar-refractivity contribution < 1.29 is 9.72 Å². The number of carbonyl (C=O) groups excluding carboxylic acids is 1. The molecule has 1 N–H and O–H groups in total. The number of amides is 1. The van der Waals surface area contributed by atoms with Crippen LogP contribution in [0.15, 0.2) is 34.1 Å². The van der Waals surface area contributed by atoms with Crippen LogP contribution >= 0.6 is 11.6 Å². The summed E-state index contributed by atoms with van der Waals surface area (Å²) >= 11 is 5.74. The first kappa shape index (κ1) is 18.3. The van der Waals surface area contributed by atoms with Crippen LogP contribution in [-0.4, -0.2) is 29.5 Å². The molecule has 0 bridgehead atoms. The number of nitro benzene ring substituents is 1. The molecule has 0 aliphatic carbocycles. The van der Waals surface area contributed by atoms with E-state index >= 15 is 0 Å². The van der Waals surface area contributed by atoms with E-state index in [2.05, 4.69) is 10.3 Å². The van der Waals surface area contributed by atoms with Crippen molar-refractivity contribution in [3.8, 4) is 0 Å². The molecule has 11 nitrogen and oxygen atoms in total. The topological polar surface area (TPSA) is 134 Å². The number of anilines is 1. The molecule has 0 unspecified atom stereocenters. The Morgan fingerprint density at radius 2 is 2.00 bits per heavy atom. The molecule has 0 saturated heterocycles. The van der Waals surface area contributed by atoms with Crippen molar-refractivity contribution in [2.75, 3.05) is 5.32 Å². The van der Waals surface area contributed by atoms with Gasteiger partial charge in [-0.2, -0.15) is 0 Å². The van der Waals surface area contributed by atoms with Gasteiger partial charge in [-0.25, -0.2) is 9.78 Å². The molecule has 0 radical (unpaired) electrons. The van der Waals surface area contributed by atoms with Crippen LogP contribution in [0.5, 0.6) is 0 Å². The zero-order valence-electron chi connectivity index (χ0n) is 14.2. The molecule has 1 amide bonds. The lowest BCUT2D eigenvalue weighted by Gasteiger charge is -2.08. The van der Waals surface area contributed by atoms with E-state index in [-0.39, 0.29) is 34.1 Å². The first-order valence-corrected chi connectivity index (χ1v) is 7.93. The monoisotopic (exact) mass is 392 g/mol. The molecule has 0 spiro atoms. The second-order valence-electron chi connectivity index (χ2n) is 5.72. The molecule has 12 heteroatoms. The quantitative estimate of drug-likeness (QED) is 0.511. The van der Waals surface area contributed by atoms with Crippen LogP contribution in [0.25, 0.3) is 11.2 Å². The van der Waals surface area contributed by atoms with Crippen LogP contribution in [-0.2, 0) is 25.4 Å². The third-order valence-corrected chi connectivity index (χ3v) is 4.20. The van der Waals surface area contributed by atoms with Gasteiger partial charge in [-0.05, 0) is 12.1 Å². The lowest BCUT2D eigenvalue weighted by molar-refractivity contribution is -0.383. The van der Waals surface area contributed by atoms with Gasteiger partial charge in [0.25, 0.3) is 11.2 Å². The minimum Gasteiger partial charge on any atom is -0.319 e. The average Bonchev–Trinajstić information content (AvgIpc) is 3.03. The van der Waals surface area contributed by atoms with Crippen molar-refractivity contribution in [2.45, 2.75) is 6.54 Å². The van der Waals surface area contributed by atoms with E-state index in [1.807, 2.05) is 0 Å². The third-order valence-electron chi connectivity index (χ3n) is 3.96. The molecule has 1 aromatic carbocycles. The summed E-state index contributed by atoms with van der Waals surface area (Å²) in [5, 5.41) is 13.7. The lowest BCUT2D eigenvalue weighted by atomic mass is 10.2. The number of carbonyl (C=O) groups is 1. The normalized spacial score (nSPS) is 10.9. The number of halogens is 1. The summed E-state index contributed by atoms with van der Waals surface area (Å²) in [6.07, 6.45) is 1.25. The Balaban J connectivity index is 1.96. The lowest BCUT2D eigenvalue weighted by Crippen LogP contribution is -2.37. The van der Waals surface area contributed by atoms with E-state index < -0.39 is 22.1 Å². The fourth-order valence-corrected chi connectivity index (χ4v) is 2.79. The number of nitrogens with zero attached hydrogens (tertiary/aromatic N) is 5. The van der Waals surface area contributed by atoms with E-state index in [0.29, 0.717) is 0 Å². The van der Waals surface area contributed by atoms with Crippen LogP contribution < -0.4 is 16.6 Å². The molecule has 27 heavy (non-hydrogen) atoms. The Morgan fingerprint density at radius 1 is 1.30 bits per heavy atom. The first-order valence-electron chi connectivity index (χ1n) is 7.55. The fourth-order valence-electron chi connectivity index (χ4n) is 2.62. The number of hydrogen-bond donors (Lipinski definition) is 1. The Morgan fingerprint density at radius 3 is 2.67 bits per heavy atom. The Labute approximate surface area is 155 Å². The van der Waals surface area contributed by atoms with E-state index in [4.69, 9.17) is 11.6 Å². The maximum Gasteiger partial charge on any atom is 0.332 e.